The summed E-state index contributed by atoms with van der Waals surface area (Å²) in [5.41, 5.74) is 4.28. The molecule has 3 aromatic rings. The largest absolute Gasteiger partial charge is 0.362 e. The Labute approximate surface area is 195 Å². The molecule has 1 aliphatic heterocycles. The molecule has 33 heavy (non-hydrogen) atoms. The Hall–Kier alpha value is -3.51. The van der Waals surface area contributed by atoms with Gasteiger partial charge in [0.2, 0.25) is 0 Å². The second-order valence-electron chi connectivity index (χ2n) is 8.41. The summed E-state index contributed by atoms with van der Waals surface area (Å²) in [5, 5.41) is 8.14. The minimum atomic E-state index is -0.445. The molecule has 2 aliphatic rings. The van der Waals surface area contributed by atoms with E-state index in [1.165, 1.54) is 23.5 Å². The molecule has 0 saturated heterocycles. The molecular weight excluding hydrogens is 435 g/mol. The standard InChI is InChI=1S/C27H23FN2O2S/c1-16-24(27(32)30-20-10-5-9-19(28)15-20)26(23-11-6-12-33-23)25-21(29-16)13-18(14-22(25)31)17-7-3-2-4-8-17/h2-12,15,18,26,29H,13-14H2,1H3,(H,30,32)/t18-,26-/m0/s1. The van der Waals surface area contributed by atoms with Gasteiger partial charge in [-0.2, -0.15) is 0 Å². The van der Waals surface area contributed by atoms with E-state index in [-0.39, 0.29) is 17.6 Å². The molecule has 1 aromatic heterocycles. The summed E-state index contributed by atoms with van der Waals surface area (Å²) < 4.78 is 13.7. The average Bonchev–Trinajstić information content (AvgIpc) is 3.33. The van der Waals surface area contributed by atoms with Gasteiger partial charge in [0, 0.05) is 39.5 Å². The number of benzene rings is 2. The third-order valence-electron chi connectivity index (χ3n) is 6.25. The highest BCUT2D eigenvalue weighted by Gasteiger charge is 2.41. The van der Waals surface area contributed by atoms with Gasteiger partial charge in [-0.05, 0) is 54.5 Å². The van der Waals surface area contributed by atoms with Crippen LogP contribution in [0.4, 0.5) is 10.1 Å². The number of halogens is 1. The van der Waals surface area contributed by atoms with Crippen LogP contribution in [0.25, 0.3) is 0 Å². The van der Waals surface area contributed by atoms with Gasteiger partial charge in [-0.15, -0.1) is 11.3 Å². The second kappa shape index (κ2) is 8.79. The molecule has 0 bridgehead atoms. The van der Waals surface area contributed by atoms with E-state index in [1.54, 1.807) is 12.1 Å². The summed E-state index contributed by atoms with van der Waals surface area (Å²) in [6, 6.07) is 19.8. The van der Waals surface area contributed by atoms with E-state index in [1.807, 2.05) is 42.6 Å². The van der Waals surface area contributed by atoms with Crippen molar-refractivity contribution in [1.29, 1.82) is 0 Å². The van der Waals surface area contributed by atoms with Crippen LogP contribution in [-0.4, -0.2) is 11.7 Å². The van der Waals surface area contributed by atoms with E-state index in [0.29, 0.717) is 35.4 Å². The molecule has 0 unspecified atom stereocenters. The van der Waals surface area contributed by atoms with E-state index >= 15 is 0 Å². The minimum absolute atomic E-state index is 0.0551. The van der Waals surface area contributed by atoms with Crippen LogP contribution in [-0.2, 0) is 9.59 Å². The predicted octanol–water partition coefficient (Wildman–Crippen LogP) is 5.89. The highest BCUT2D eigenvalue weighted by atomic mass is 32.1. The number of Topliss-reactive ketones (excluding diaryl/α,β-unsaturated/α-hetero) is 1. The molecule has 1 aliphatic carbocycles. The molecule has 0 fully saturated rings. The first-order valence-corrected chi connectivity index (χ1v) is 11.8. The van der Waals surface area contributed by atoms with Gasteiger partial charge in [0.05, 0.1) is 5.92 Å². The summed E-state index contributed by atoms with van der Waals surface area (Å²) in [4.78, 5) is 27.8. The maximum Gasteiger partial charge on any atom is 0.254 e. The fourth-order valence-electron chi connectivity index (χ4n) is 4.81. The van der Waals surface area contributed by atoms with Gasteiger partial charge in [0.25, 0.3) is 5.91 Å². The molecule has 2 aromatic carbocycles. The molecule has 2 N–H and O–H groups in total. The number of amides is 1. The average molecular weight is 459 g/mol. The number of carbonyl (C=O) groups is 2. The van der Waals surface area contributed by atoms with Crippen LogP contribution >= 0.6 is 11.3 Å². The summed E-state index contributed by atoms with van der Waals surface area (Å²) in [5.74, 6) is -1.05. The zero-order valence-corrected chi connectivity index (χ0v) is 18.9. The normalized spacial score (nSPS) is 20.4. The molecule has 2 atom stereocenters. The Kier molecular flexibility index (Phi) is 5.68. The highest BCUT2D eigenvalue weighted by molar-refractivity contribution is 7.10. The first-order valence-electron chi connectivity index (χ1n) is 10.9. The lowest BCUT2D eigenvalue weighted by Crippen LogP contribution is -2.36. The third-order valence-corrected chi connectivity index (χ3v) is 7.19. The molecule has 6 heteroatoms. The van der Waals surface area contributed by atoms with Crippen LogP contribution in [0.5, 0.6) is 0 Å². The van der Waals surface area contributed by atoms with Gasteiger partial charge < -0.3 is 10.6 Å². The summed E-state index contributed by atoms with van der Waals surface area (Å²) in [7, 11) is 0. The number of nitrogens with one attached hydrogen (secondary N) is 2. The highest BCUT2D eigenvalue weighted by Crippen LogP contribution is 2.46. The van der Waals surface area contributed by atoms with E-state index in [2.05, 4.69) is 22.8 Å². The lowest BCUT2D eigenvalue weighted by Gasteiger charge is -2.36. The fourth-order valence-corrected chi connectivity index (χ4v) is 5.65. The lowest BCUT2D eigenvalue weighted by molar-refractivity contribution is -0.116. The maximum atomic E-state index is 13.7. The second-order valence-corrected chi connectivity index (χ2v) is 9.39. The molecule has 166 valence electrons. The molecule has 4 nitrogen and oxygen atoms in total. The number of rotatable bonds is 4. The van der Waals surface area contributed by atoms with Gasteiger partial charge in [0.15, 0.2) is 5.78 Å². The van der Waals surface area contributed by atoms with Crippen molar-refractivity contribution in [1.82, 2.24) is 5.32 Å². The van der Waals surface area contributed by atoms with Crippen molar-refractivity contribution in [2.24, 2.45) is 0 Å². The Balaban J connectivity index is 1.53. The number of allylic oxidation sites excluding steroid dienone is 3. The summed E-state index contributed by atoms with van der Waals surface area (Å²) in [6.07, 6.45) is 1.12. The van der Waals surface area contributed by atoms with Crippen LogP contribution in [0, 0.1) is 5.82 Å². The maximum absolute atomic E-state index is 13.7. The molecule has 2 heterocycles. The van der Waals surface area contributed by atoms with Crippen LogP contribution in [0.1, 0.15) is 42.0 Å². The van der Waals surface area contributed by atoms with Crippen molar-refractivity contribution in [3.63, 3.8) is 0 Å². The minimum Gasteiger partial charge on any atom is -0.362 e. The van der Waals surface area contributed by atoms with Crippen molar-refractivity contribution < 1.29 is 14.0 Å². The number of dihydropyridines is 1. The van der Waals surface area contributed by atoms with Gasteiger partial charge in [-0.1, -0.05) is 42.5 Å². The number of hydrogen-bond acceptors (Lipinski definition) is 4. The van der Waals surface area contributed by atoms with Crippen LogP contribution in [0.3, 0.4) is 0 Å². The van der Waals surface area contributed by atoms with E-state index < -0.39 is 11.7 Å². The van der Waals surface area contributed by atoms with Crippen LogP contribution in [0.2, 0.25) is 0 Å². The zero-order chi connectivity index (χ0) is 22.9. The molecule has 5 rings (SSSR count). The van der Waals surface area contributed by atoms with E-state index in [4.69, 9.17) is 0 Å². The summed E-state index contributed by atoms with van der Waals surface area (Å²) in [6.45, 7) is 1.86. The summed E-state index contributed by atoms with van der Waals surface area (Å²) >= 11 is 1.53. The van der Waals surface area contributed by atoms with E-state index in [0.717, 1.165) is 16.1 Å². The smallest absolute Gasteiger partial charge is 0.254 e. The Bertz CT molecular complexity index is 1280. The Morgan fingerprint density at radius 3 is 2.61 bits per heavy atom. The monoisotopic (exact) mass is 458 g/mol. The predicted molar refractivity (Wildman–Crippen MR) is 128 cm³/mol. The number of hydrogen-bond donors (Lipinski definition) is 2. The van der Waals surface area contributed by atoms with Crippen molar-refractivity contribution in [3.8, 4) is 0 Å². The SMILES string of the molecule is CC1=C(C(=O)Nc2cccc(F)c2)[C@H](c2cccs2)C2=C(C[C@H](c3ccccc3)CC2=O)N1. The van der Waals surface area contributed by atoms with Crippen LogP contribution < -0.4 is 10.6 Å². The molecule has 0 radical (unpaired) electrons. The number of anilines is 1. The molecule has 0 spiro atoms. The zero-order valence-electron chi connectivity index (χ0n) is 18.1. The van der Waals surface area contributed by atoms with Gasteiger partial charge in [-0.3, -0.25) is 9.59 Å². The quantitative estimate of drug-likeness (QED) is 0.513. The first-order chi connectivity index (χ1) is 16.0. The van der Waals surface area contributed by atoms with Gasteiger partial charge in [0.1, 0.15) is 5.82 Å². The Morgan fingerprint density at radius 2 is 1.88 bits per heavy atom. The number of thiophene rings is 1. The molecular formula is C27H23FN2O2S. The lowest BCUT2D eigenvalue weighted by atomic mass is 9.73. The van der Waals surface area contributed by atoms with Gasteiger partial charge in [-0.25, -0.2) is 4.39 Å². The number of ketones is 1. The van der Waals surface area contributed by atoms with Crippen LogP contribution in [0.15, 0.2) is 94.7 Å². The Morgan fingerprint density at radius 1 is 1.06 bits per heavy atom. The fraction of sp³-hybridized carbons (Fsp3) is 0.185. The number of carbonyl (C=O) groups excluding carboxylic acids is 2. The van der Waals surface area contributed by atoms with Crippen molar-refractivity contribution in [2.45, 2.75) is 31.6 Å². The molecule has 0 saturated carbocycles. The van der Waals surface area contributed by atoms with Gasteiger partial charge >= 0.3 is 0 Å². The van der Waals surface area contributed by atoms with Crippen molar-refractivity contribution >= 4 is 28.7 Å². The topological polar surface area (TPSA) is 58.2 Å². The van der Waals surface area contributed by atoms with Crippen molar-refractivity contribution in [3.05, 3.63) is 111 Å². The van der Waals surface area contributed by atoms with E-state index in [9.17, 15) is 14.0 Å². The van der Waals surface area contributed by atoms with Crippen molar-refractivity contribution in [2.75, 3.05) is 5.32 Å². The molecule has 1 amide bonds. The third kappa shape index (κ3) is 4.14. The first kappa shape index (κ1) is 21.3.